The second-order valence-electron chi connectivity index (χ2n) is 5.81. The first-order valence-electron chi connectivity index (χ1n) is 7.21. The number of hydrogen-bond donors (Lipinski definition) is 1. The summed E-state index contributed by atoms with van der Waals surface area (Å²) in [6, 6.07) is 7.94. The van der Waals surface area contributed by atoms with Gasteiger partial charge in [-0.05, 0) is 37.1 Å². The lowest BCUT2D eigenvalue weighted by Gasteiger charge is -2.41. The molecule has 0 bridgehead atoms. The van der Waals surface area contributed by atoms with Gasteiger partial charge in [-0.2, -0.15) is 0 Å². The Morgan fingerprint density at radius 2 is 2.00 bits per heavy atom. The van der Waals surface area contributed by atoms with Crippen molar-refractivity contribution in [3.8, 4) is 5.75 Å². The molecule has 1 saturated heterocycles. The lowest BCUT2D eigenvalue weighted by molar-refractivity contribution is 0.0522. The molecular weight excluding hydrogens is 252 g/mol. The minimum atomic E-state index is 0.111. The molecule has 1 aromatic carbocycles. The van der Waals surface area contributed by atoms with Crippen molar-refractivity contribution in [1.82, 2.24) is 10.2 Å². The number of rotatable bonds is 3. The first kappa shape index (κ1) is 14.9. The SMILES string of the molecule is COc1ccc(C(=O)N2CC(C)NCC2C(C)C)cc1. The average Bonchev–Trinajstić information content (AvgIpc) is 2.46. The molecule has 0 radical (unpaired) electrons. The average molecular weight is 276 g/mol. The molecule has 20 heavy (non-hydrogen) atoms. The Labute approximate surface area is 121 Å². The molecule has 2 unspecified atom stereocenters. The van der Waals surface area contributed by atoms with Gasteiger partial charge in [-0.3, -0.25) is 4.79 Å². The number of benzene rings is 1. The van der Waals surface area contributed by atoms with Crippen LogP contribution in [0.4, 0.5) is 0 Å². The Morgan fingerprint density at radius 3 is 2.55 bits per heavy atom. The molecule has 2 atom stereocenters. The summed E-state index contributed by atoms with van der Waals surface area (Å²) in [5, 5.41) is 3.45. The van der Waals surface area contributed by atoms with E-state index in [-0.39, 0.29) is 11.9 Å². The van der Waals surface area contributed by atoms with E-state index in [9.17, 15) is 4.79 Å². The molecule has 1 N–H and O–H groups in total. The number of piperazine rings is 1. The van der Waals surface area contributed by atoms with Crippen molar-refractivity contribution in [2.75, 3.05) is 20.2 Å². The summed E-state index contributed by atoms with van der Waals surface area (Å²) >= 11 is 0. The molecule has 1 amide bonds. The van der Waals surface area contributed by atoms with Crippen molar-refractivity contribution in [3.05, 3.63) is 29.8 Å². The lowest BCUT2D eigenvalue weighted by atomic mass is 9.97. The quantitative estimate of drug-likeness (QED) is 0.920. The third kappa shape index (κ3) is 3.12. The van der Waals surface area contributed by atoms with Crippen LogP contribution in [-0.2, 0) is 0 Å². The van der Waals surface area contributed by atoms with E-state index in [1.165, 1.54) is 0 Å². The van der Waals surface area contributed by atoms with E-state index >= 15 is 0 Å². The van der Waals surface area contributed by atoms with Crippen molar-refractivity contribution in [2.24, 2.45) is 5.92 Å². The van der Waals surface area contributed by atoms with Crippen LogP contribution in [0.3, 0.4) is 0 Å². The summed E-state index contributed by atoms with van der Waals surface area (Å²) in [5.74, 6) is 1.33. The second-order valence-corrected chi connectivity index (χ2v) is 5.81. The van der Waals surface area contributed by atoms with E-state index in [1.54, 1.807) is 7.11 Å². The summed E-state index contributed by atoms with van der Waals surface area (Å²) in [6.07, 6.45) is 0. The zero-order valence-corrected chi connectivity index (χ0v) is 12.7. The van der Waals surface area contributed by atoms with Crippen molar-refractivity contribution < 1.29 is 9.53 Å². The summed E-state index contributed by atoms with van der Waals surface area (Å²) < 4.78 is 5.14. The topological polar surface area (TPSA) is 41.6 Å². The number of nitrogens with zero attached hydrogens (tertiary/aromatic N) is 1. The van der Waals surface area contributed by atoms with Gasteiger partial charge in [0.25, 0.3) is 5.91 Å². The normalized spacial score (nSPS) is 22.9. The van der Waals surface area contributed by atoms with Crippen molar-refractivity contribution in [1.29, 1.82) is 0 Å². The number of nitrogens with one attached hydrogen (secondary N) is 1. The Balaban J connectivity index is 2.19. The number of ether oxygens (including phenoxy) is 1. The first-order valence-corrected chi connectivity index (χ1v) is 7.21. The molecule has 110 valence electrons. The van der Waals surface area contributed by atoms with Gasteiger partial charge in [-0.25, -0.2) is 0 Å². The molecule has 4 heteroatoms. The van der Waals surface area contributed by atoms with E-state index in [0.717, 1.165) is 24.4 Å². The monoisotopic (exact) mass is 276 g/mol. The highest BCUT2D eigenvalue weighted by Gasteiger charge is 2.31. The minimum Gasteiger partial charge on any atom is -0.497 e. The van der Waals surface area contributed by atoms with E-state index in [1.807, 2.05) is 29.2 Å². The van der Waals surface area contributed by atoms with Gasteiger partial charge in [-0.1, -0.05) is 13.8 Å². The molecule has 4 nitrogen and oxygen atoms in total. The number of methoxy groups -OCH3 is 1. The predicted molar refractivity (Wildman–Crippen MR) is 80.1 cm³/mol. The fourth-order valence-corrected chi connectivity index (χ4v) is 2.66. The van der Waals surface area contributed by atoms with E-state index in [4.69, 9.17) is 4.74 Å². The highest BCUT2D eigenvalue weighted by atomic mass is 16.5. The summed E-state index contributed by atoms with van der Waals surface area (Å²) in [7, 11) is 1.63. The molecule has 1 aliphatic rings. The molecule has 2 rings (SSSR count). The van der Waals surface area contributed by atoms with E-state index < -0.39 is 0 Å². The van der Waals surface area contributed by atoms with Crippen LogP contribution in [0.2, 0.25) is 0 Å². The van der Waals surface area contributed by atoms with Crippen LogP contribution in [0.25, 0.3) is 0 Å². The van der Waals surface area contributed by atoms with Crippen LogP contribution in [-0.4, -0.2) is 43.1 Å². The highest BCUT2D eigenvalue weighted by Crippen LogP contribution is 2.20. The van der Waals surface area contributed by atoms with Gasteiger partial charge in [-0.15, -0.1) is 0 Å². The fraction of sp³-hybridized carbons (Fsp3) is 0.562. The van der Waals surface area contributed by atoms with Gasteiger partial charge in [0.05, 0.1) is 7.11 Å². The Morgan fingerprint density at radius 1 is 1.35 bits per heavy atom. The van der Waals surface area contributed by atoms with Gasteiger partial charge in [0.15, 0.2) is 0 Å². The van der Waals surface area contributed by atoms with Crippen LogP contribution in [0, 0.1) is 5.92 Å². The maximum Gasteiger partial charge on any atom is 0.254 e. The first-order chi connectivity index (χ1) is 9.52. The van der Waals surface area contributed by atoms with E-state index in [2.05, 4.69) is 26.1 Å². The standard InChI is InChI=1S/C16H24N2O2/c1-11(2)15-9-17-12(3)10-18(15)16(19)13-5-7-14(20-4)8-6-13/h5-8,11-12,15,17H,9-10H2,1-4H3. The fourth-order valence-electron chi connectivity index (χ4n) is 2.66. The number of hydrogen-bond acceptors (Lipinski definition) is 3. The van der Waals surface area contributed by atoms with Crippen LogP contribution in [0.1, 0.15) is 31.1 Å². The van der Waals surface area contributed by atoms with Gasteiger partial charge in [0.1, 0.15) is 5.75 Å². The molecule has 0 spiro atoms. The van der Waals surface area contributed by atoms with Crippen LogP contribution >= 0.6 is 0 Å². The Hall–Kier alpha value is -1.55. The van der Waals surface area contributed by atoms with E-state index in [0.29, 0.717) is 12.0 Å². The third-order valence-corrected chi connectivity index (χ3v) is 3.91. The molecule has 1 aromatic rings. The van der Waals surface area contributed by atoms with Gasteiger partial charge < -0.3 is 15.0 Å². The van der Waals surface area contributed by atoms with Crippen molar-refractivity contribution in [2.45, 2.75) is 32.9 Å². The smallest absolute Gasteiger partial charge is 0.254 e. The maximum absolute atomic E-state index is 12.7. The molecule has 0 aliphatic carbocycles. The van der Waals surface area contributed by atoms with Gasteiger partial charge in [0.2, 0.25) is 0 Å². The summed E-state index contributed by atoms with van der Waals surface area (Å²) in [6.45, 7) is 8.06. The van der Waals surface area contributed by atoms with Gasteiger partial charge >= 0.3 is 0 Å². The maximum atomic E-state index is 12.7. The molecule has 0 saturated carbocycles. The molecule has 1 heterocycles. The largest absolute Gasteiger partial charge is 0.497 e. The second kappa shape index (κ2) is 6.27. The molecule has 1 aliphatic heterocycles. The molecular formula is C16H24N2O2. The predicted octanol–water partition coefficient (Wildman–Crippen LogP) is 2.15. The van der Waals surface area contributed by atoms with Crippen LogP contribution in [0.15, 0.2) is 24.3 Å². The lowest BCUT2D eigenvalue weighted by Crippen LogP contribution is -2.59. The zero-order chi connectivity index (χ0) is 14.7. The van der Waals surface area contributed by atoms with Crippen LogP contribution < -0.4 is 10.1 Å². The van der Waals surface area contributed by atoms with Crippen molar-refractivity contribution >= 4 is 5.91 Å². The van der Waals surface area contributed by atoms with Gasteiger partial charge in [0, 0.05) is 30.7 Å². The highest BCUT2D eigenvalue weighted by molar-refractivity contribution is 5.94. The Kier molecular flexibility index (Phi) is 4.65. The number of carbonyl (C=O) groups is 1. The molecule has 1 fully saturated rings. The summed E-state index contributed by atoms with van der Waals surface area (Å²) in [4.78, 5) is 14.7. The summed E-state index contributed by atoms with van der Waals surface area (Å²) in [5.41, 5.74) is 0.727. The number of carbonyl (C=O) groups excluding carboxylic acids is 1. The Bertz CT molecular complexity index is 456. The zero-order valence-electron chi connectivity index (χ0n) is 12.7. The van der Waals surface area contributed by atoms with Crippen LogP contribution in [0.5, 0.6) is 5.75 Å². The molecule has 0 aromatic heterocycles. The van der Waals surface area contributed by atoms with Crippen molar-refractivity contribution in [3.63, 3.8) is 0 Å². The number of amides is 1. The third-order valence-electron chi connectivity index (χ3n) is 3.91. The minimum absolute atomic E-state index is 0.111.